The van der Waals surface area contributed by atoms with Crippen LogP contribution in [0.4, 0.5) is 0 Å². The first-order valence-corrected chi connectivity index (χ1v) is 20.4. The lowest BCUT2D eigenvalue weighted by Gasteiger charge is -2.40. The first kappa shape index (κ1) is 46.0. The van der Waals surface area contributed by atoms with E-state index in [4.69, 9.17) is 9.47 Å². The van der Waals surface area contributed by atoms with Crippen LogP contribution in [0.15, 0.2) is 12.2 Å². The van der Waals surface area contributed by atoms with Crippen molar-refractivity contribution in [2.75, 3.05) is 13.2 Å². The quantitative estimate of drug-likeness (QED) is 0.0307. The number of unbranched alkanes of at least 4 members (excludes halogenated alkanes) is 23. The minimum Gasteiger partial charge on any atom is -0.394 e. The van der Waals surface area contributed by atoms with E-state index < -0.39 is 49.5 Å². The van der Waals surface area contributed by atoms with Crippen molar-refractivity contribution in [1.82, 2.24) is 5.32 Å². The van der Waals surface area contributed by atoms with Crippen molar-refractivity contribution in [2.45, 2.75) is 224 Å². The first-order valence-electron chi connectivity index (χ1n) is 20.4. The molecule has 1 aliphatic rings. The third-order valence-corrected chi connectivity index (χ3v) is 9.86. The molecular formula is C40H77NO8. The molecule has 7 atom stereocenters. The Morgan fingerprint density at radius 1 is 0.673 bits per heavy atom. The Morgan fingerprint density at radius 2 is 1.12 bits per heavy atom. The van der Waals surface area contributed by atoms with Gasteiger partial charge in [-0.3, -0.25) is 4.79 Å². The highest BCUT2D eigenvalue weighted by Crippen LogP contribution is 2.22. The van der Waals surface area contributed by atoms with Crippen LogP contribution in [0, 0.1) is 0 Å². The molecule has 0 bridgehead atoms. The topological polar surface area (TPSA) is 149 Å². The molecule has 3 unspecified atom stereocenters. The van der Waals surface area contributed by atoms with E-state index in [0.717, 1.165) is 38.5 Å². The van der Waals surface area contributed by atoms with Crippen molar-refractivity contribution < 1.29 is 39.8 Å². The number of amides is 1. The largest absolute Gasteiger partial charge is 0.394 e. The van der Waals surface area contributed by atoms with Gasteiger partial charge in [-0.15, -0.1) is 0 Å². The lowest BCUT2D eigenvalue weighted by molar-refractivity contribution is -0.302. The fraction of sp³-hybridized carbons (Fsp3) is 0.925. The molecular weight excluding hydrogens is 622 g/mol. The summed E-state index contributed by atoms with van der Waals surface area (Å²) in [6, 6.07) is -0.796. The summed E-state index contributed by atoms with van der Waals surface area (Å²) in [6.07, 6.45) is 26.7. The zero-order valence-corrected chi connectivity index (χ0v) is 31.5. The molecule has 1 aliphatic heterocycles. The van der Waals surface area contributed by atoms with Crippen LogP contribution in [0.5, 0.6) is 0 Å². The van der Waals surface area contributed by atoms with Gasteiger partial charge in [0.25, 0.3) is 0 Å². The van der Waals surface area contributed by atoms with Crippen LogP contribution in [0.1, 0.15) is 181 Å². The van der Waals surface area contributed by atoms with Crippen LogP contribution in [-0.2, 0) is 14.3 Å². The third kappa shape index (κ3) is 23.2. The second-order valence-corrected chi connectivity index (χ2v) is 14.4. The van der Waals surface area contributed by atoms with Gasteiger partial charge in [-0.05, 0) is 19.3 Å². The highest BCUT2D eigenvalue weighted by Gasteiger charge is 2.44. The number of allylic oxidation sites excluding steroid dienone is 1. The highest BCUT2D eigenvalue weighted by molar-refractivity contribution is 5.76. The average Bonchev–Trinajstić information content (AvgIpc) is 3.10. The molecule has 1 saturated heterocycles. The molecule has 290 valence electrons. The number of ether oxygens (including phenoxy) is 2. The molecule has 49 heavy (non-hydrogen) atoms. The molecule has 1 heterocycles. The molecule has 0 aromatic carbocycles. The van der Waals surface area contributed by atoms with E-state index in [0.29, 0.717) is 6.42 Å². The number of carbonyl (C=O) groups is 1. The number of hydrogen-bond donors (Lipinski definition) is 6. The maximum atomic E-state index is 12.9. The second-order valence-electron chi connectivity index (χ2n) is 14.4. The minimum atomic E-state index is -1.56. The average molecular weight is 700 g/mol. The number of aliphatic hydroxyl groups excluding tert-OH is 5. The van der Waals surface area contributed by atoms with Gasteiger partial charge >= 0.3 is 0 Å². The molecule has 1 amide bonds. The fourth-order valence-corrected chi connectivity index (χ4v) is 6.51. The van der Waals surface area contributed by atoms with Crippen molar-refractivity contribution in [3.8, 4) is 0 Å². The van der Waals surface area contributed by atoms with E-state index in [1.54, 1.807) is 6.08 Å². The van der Waals surface area contributed by atoms with Gasteiger partial charge in [-0.2, -0.15) is 0 Å². The van der Waals surface area contributed by atoms with Crippen molar-refractivity contribution in [1.29, 1.82) is 0 Å². The lowest BCUT2D eigenvalue weighted by atomic mass is 9.99. The Bertz CT molecular complexity index is 781. The molecule has 9 heteroatoms. The Morgan fingerprint density at radius 3 is 1.59 bits per heavy atom. The predicted molar refractivity (Wildman–Crippen MR) is 198 cm³/mol. The van der Waals surface area contributed by atoms with E-state index >= 15 is 0 Å². The minimum absolute atomic E-state index is 0.178. The molecule has 9 nitrogen and oxygen atoms in total. The Balaban J connectivity index is 2.43. The van der Waals surface area contributed by atoms with Crippen molar-refractivity contribution in [3.05, 3.63) is 12.2 Å². The Kier molecular flexibility index (Phi) is 29.7. The van der Waals surface area contributed by atoms with Gasteiger partial charge in [0, 0.05) is 6.42 Å². The predicted octanol–water partition coefficient (Wildman–Crippen LogP) is 7.39. The van der Waals surface area contributed by atoms with Gasteiger partial charge in [0.1, 0.15) is 24.4 Å². The summed E-state index contributed by atoms with van der Waals surface area (Å²) in [4.78, 5) is 12.9. The normalized spacial score (nSPS) is 22.5. The SMILES string of the molecule is CCCCCCCCCCCCC/C=C/[C@@H](O)[C@H](CO[C@H]1OC(CO)C(O)[C@H](O)C1O)NC(=O)CCCCCCCCCCCCCCC. The highest BCUT2D eigenvalue weighted by atomic mass is 16.7. The summed E-state index contributed by atoms with van der Waals surface area (Å²) in [5, 5.41) is 53.9. The molecule has 6 N–H and O–H groups in total. The molecule has 0 saturated carbocycles. The van der Waals surface area contributed by atoms with E-state index in [1.165, 1.54) is 122 Å². The van der Waals surface area contributed by atoms with Gasteiger partial charge in [0.2, 0.25) is 5.91 Å². The Hall–Kier alpha value is -1.07. The maximum absolute atomic E-state index is 12.9. The van der Waals surface area contributed by atoms with Gasteiger partial charge in [0.15, 0.2) is 6.29 Å². The molecule has 1 rings (SSSR count). The Labute approximate surface area is 299 Å². The van der Waals surface area contributed by atoms with Gasteiger partial charge in [-0.25, -0.2) is 0 Å². The number of aliphatic hydroxyl groups is 5. The van der Waals surface area contributed by atoms with Crippen LogP contribution in [0.3, 0.4) is 0 Å². The number of hydrogen-bond acceptors (Lipinski definition) is 8. The summed E-state index contributed by atoms with van der Waals surface area (Å²) in [6.45, 7) is 3.75. The molecule has 0 aromatic rings. The zero-order chi connectivity index (χ0) is 36.0. The molecule has 0 radical (unpaired) electrons. The van der Waals surface area contributed by atoms with Crippen LogP contribution in [0.25, 0.3) is 0 Å². The summed E-state index contributed by atoms with van der Waals surface area (Å²) >= 11 is 0. The van der Waals surface area contributed by atoms with Crippen LogP contribution in [0.2, 0.25) is 0 Å². The fourth-order valence-electron chi connectivity index (χ4n) is 6.51. The van der Waals surface area contributed by atoms with Gasteiger partial charge < -0.3 is 40.3 Å². The summed E-state index contributed by atoms with van der Waals surface area (Å²) < 4.78 is 11.2. The van der Waals surface area contributed by atoms with Crippen LogP contribution in [-0.4, -0.2) is 87.5 Å². The zero-order valence-electron chi connectivity index (χ0n) is 31.5. The second kappa shape index (κ2) is 31.6. The summed E-state index contributed by atoms with van der Waals surface area (Å²) in [5.41, 5.74) is 0. The number of carbonyl (C=O) groups excluding carboxylic acids is 1. The number of rotatable bonds is 33. The van der Waals surface area contributed by atoms with E-state index in [1.807, 2.05) is 6.08 Å². The van der Waals surface area contributed by atoms with E-state index in [9.17, 15) is 30.3 Å². The third-order valence-electron chi connectivity index (χ3n) is 9.86. The van der Waals surface area contributed by atoms with Crippen molar-refractivity contribution in [3.63, 3.8) is 0 Å². The smallest absolute Gasteiger partial charge is 0.220 e. The number of nitrogens with one attached hydrogen (secondary N) is 1. The van der Waals surface area contributed by atoms with Crippen LogP contribution >= 0.6 is 0 Å². The molecule has 1 fully saturated rings. The standard InChI is InChI=1S/C40H77NO8/c1-3-5-7-9-11-13-15-17-19-21-23-25-27-29-34(43)33(32-48-40-39(47)38(46)37(45)35(31-42)49-40)41-36(44)30-28-26-24-22-20-18-16-14-12-10-8-6-4-2/h27,29,33-35,37-40,42-43,45-47H,3-26,28,30-32H2,1-2H3,(H,41,44)/b29-27+/t33-,34+,35?,37?,38-,39?,40-/m0/s1. The lowest BCUT2D eigenvalue weighted by Crippen LogP contribution is -2.60. The van der Waals surface area contributed by atoms with Crippen molar-refractivity contribution in [2.24, 2.45) is 0 Å². The van der Waals surface area contributed by atoms with E-state index in [2.05, 4.69) is 19.2 Å². The van der Waals surface area contributed by atoms with Crippen LogP contribution < -0.4 is 5.32 Å². The molecule has 0 aliphatic carbocycles. The summed E-state index contributed by atoms with van der Waals surface area (Å²) in [5.74, 6) is -0.178. The maximum Gasteiger partial charge on any atom is 0.220 e. The van der Waals surface area contributed by atoms with Crippen molar-refractivity contribution >= 4 is 5.91 Å². The van der Waals surface area contributed by atoms with Gasteiger partial charge in [-0.1, -0.05) is 167 Å². The molecule has 0 spiro atoms. The van der Waals surface area contributed by atoms with Gasteiger partial charge in [0.05, 0.1) is 25.4 Å². The van der Waals surface area contributed by atoms with E-state index in [-0.39, 0.29) is 12.5 Å². The monoisotopic (exact) mass is 700 g/mol. The molecule has 0 aromatic heterocycles. The summed E-state index contributed by atoms with van der Waals surface area (Å²) in [7, 11) is 0. The first-order chi connectivity index (χ1) is 23.8.